The van der Waals surface area contributed by atoms with Gasteiger partial charge < -0.3 is 9.72 Å². The van der Waals surface area contributed by atoms with E-state index < -0.39 is 0 Å². The highest BCUT2D eigenvalue weighted by molar-refractivity contribution is 6.30. The maximum atomic E-state index is 6.02. The molecule has 0 aliphatic rings. The van der Waals surface area contributed by atoms with E-state index in [1.54, 1.807) is 0 Å². The zero-order valence-corrected chi connectivity index (χ0v) is 15.2. The third-order valence-corrected chi connectivity index (χ3v) is 4.90. The van der Waals surface area contributed by atoms with Crippen molar-refractivity contribution in [1.82, 2.24) is 9.38 Å². The van der Waals surface area contributed by atoms with E-state index in [1.165, 1.54) is 5.39 Å². The lowest BCUT2D eigenvalue weighted by Gasteiger charge is -2.11. The largest absolute Gasteiger partial charge is 0.338 e. The summed E-state index contributed by atoms with van der Waals surface area (Å²) in [6.45, 7) is 0. The van der Waals surface area contributed by atoms with Gasteiger partial charge in [0.05, 0.1) is 16.7 Å². The number of nitrogens with one attached hydrogen (secondary N) is 1. The van der Waals surface area contributed by atoms with Gasteiger partial charge in [0.2, 0.25) is 0 Å². The van der Waals surface area contributed by atoms with Gasteiger partial charge in [-0.15, -0.1) is 0 Å². The van der Waals surface area contributed by atoms with Gasteiger partial charge in [-0.3, -0.25) is 0 Å². The van der Waals surface area contributed by atoms with Crippen molar-refractivity contribution in [2.24, 2.45) is 0 Å². The molecule has 1 N–H and O–H groups in total. The molecule has 0 aliphatic heterocycles. The standard InChI is InChI=1S/C23H16ClN3/c24-18-10-12-19(13-11-18)25-23-22-14-17-8-4-5-9-21(17)27(22)15-20(26-23)16-6-2-1-3-7-16/h1-15H,(H,25,26). The first-order chi connectivity index (χ1) is 13.3. The topological polar surface area (TPSA) is 29.3 Å². The number of halogens is 1. The van der Waals surface area contributed by atoms with Crippen molar-refractivity contribution < 1.29 is 0 Å². The van der Waals surface area contributed by atoms with E-state index in [1.807, 2.05) is 42.5 Å². The number of anilines is 2. The average Bonchev–Trinajstić information content (AvgIpc) is 3.09. The zero-order valence-electron chi connectivity index (χ0n) is 14.4. The van der Waals surface area contributed by atoms with Crippen molar-refractivity contribution >= 4 is 39.5 Å². The van der Waals surface area contributed by atoms with Crippen molar-refractivity contribution in [3.8, 4) is 11.3 Å². The van der Waals surface area contributed by atoms with Crippen LogP contribution in [0.4, 0.5) is 11.5 Å². The summed E-state index contributed by atoms with van der Waals surface area (Å²) in [6.07, 6.45) is 2.10. The minimum absolute atomic E-state index is 0.713. The third kappa shape index (κ3) is 2.92. The molecule has 4 heteroatoms. The molecule has 0 radical (unpaired) electrons. The Balaban J connectivity index is 1.75. The van der Waals surface area contributed by atoms with Crippen LogP contribution in [0.5, 0.6) is 0 Å². The van der Waals surface area contributed by atoms with E-state index in [4.69, 9.17) is 16.6 Å². The second-order valence-corrected chi connectivity index (χ2v) is 6.87. The average molecular weight is 370 g/mol. The molecule has 5 rings (SSSR count). The predicted octanol–water partition coefficient (Wildman–Crippen LogP) is 6.55. The van der Waals surface area contributed by atoms with Gasteiger partial charge in [-0.2, -0.15) is 0 Å². The summed E-state index contributed by atoms with van der Waals surface area (Å²) in [6, 6.07) is 28.4. The predicted molar refractivity (Wildman–Crippen MR) is 113 cm³/mol. The molecule has 0 bridgehead atoms. The Morgan fingerprint density at radius 1 is 0.778 bits per heavy atom. The molecule has 3 nitrogen and oxygen atoms in total. The molecule has 0 fully saturated rings. The molecular formula is C23H16ClN3. The lowest BCUT2D eigenvalue weighted by Crippen LogP contribution is -1.99. The second kappa shape index (κ2) is 6.45. The van der Waals surface area contributed by atoms with E-state index in [2.05, 4.69) is 58.4 Å². The lowest BCUT2D eigenvalue weighted by molar-refractivity contribution is 1.18. The molecule has 0 unspecified atom stereocenters. The van der Waals surface area contributed by atoms with Gasteiger partial charge in [0.1, 0.15) is 0 Å². The second-order valence-electron chi connectivity index (χ2n) is 6.43. The maximum absolute atomic E-state index is 6.02. The van der Waals surface area contributed by atoms with Crippen LogP contribution in [-0.4, -0.2) is 9.38 Å². The van der Waals surface area contributed by atoms with E-state index in [0.717, 1.165) is 33.8 Å². The van der Waals surface area contributed by atoms with E-state index in [0.29, 0.717) is 5.02 Å². The summed E-state index contributed by atoms with van der Waals surface area (Å²) in [5.41, 5.74) is 5.14. The molecule has 0 saturated heterocycles. The smallest absolute Gasteiger partial charge is 0.155 e. The van der Waals surface area contributed by atoms with Crippen LogP contribution >= 0.6 is 11.6 Å². The Morgan fingerprint density at radius 3 is 2.33 bits per heavy atom. The van der Waals surface area contributed by atoms with Crippen LogP contribution in [0.25, 0.3) is 27.7 Å². The summed E-state index contributed by atoms with van der Waals surface area (Å²) in [5, 5.41) is 5.35. The Kier molecular flexibility index (Phi) is 3.80. The fourth-order valence-electron chi connectivity index (χ4n) is 3.34. The molecule has 130 valence electrons. The molecular weight excluding hydrogens is 354 g/mol. The molecule has 0 saturated carbocycles. The van der Waals surface area contributed by atoms with E-state index in [9.17, 15) is 0 Å². The molecule has 0 amide bonds. The van der Waals surface area contributed by atoms with Gasteiger partial charge >= 0.3 is 0 Å². The summed E-state index contributed by atoms with van der Waals surface area (Å²) in [7, 11) is 0. The number of nitrogens with zero attached hydrogens (tertiary/aromatic N) is 2. The molecule has 0 spiro atoms. The van der Waals surface area contributed by atoms with Crippen LogP contribution in [-0.2, 0) is 0 Å². The molecule has 2 heterocycles. The van der Waals surface area contributed by atoms with Crippen molar-refractivity contribution in [3.63, 3.8) is 0 Å². The minimum Gasteiger partial charge on any atom is -0.338 e. The van der Waals surface area contributed by atoms with Crippen molar-refractivity contribution in [1.29, 1.82) is 0 Å². The fraction of sp³-hybridized carbons (Fsp3) is 0. The monoisotopic (exact) mass is 369 g/mol. The van der Waals surface area contributed by atoms with Crippen LogP contribution in [0.1, 0.15) is 0 Å². The van der Waals surface area contributed by atoms with E-state index >= 15 is 0 Å². The van der Waals surface area contributed by atoms with Crippen molar-refractivity contribution in [3.05, 3.63) is 96.1 Å². The number of hydrogen-bond acceptors (Lipinski definition) is 2. The van der Waals surface area contributed by atoms with Gasteiger partial charge in [-0.1, -0.05) is 60.1 Å². The number of rotatable bonds is 3. The highest BCUT2D eigenvalue weighted by atomic mass is 35.5. The first-order valence-electron chi connectivity index (χ1n) is 8.77. The normalized spacial score (nSPS) is 11.1. The SMILES string of the molecule is Clc1ccc(Nc2nc(-c3ccccc3)cn3c2cc2ccccc23)cc1. The number of fused-ring (bicyclic) bond motifs is 3. The Hall–Kier alpha value is -3.30. The first kappa shape index (κ1) is 15.9. The summed E-state index contributed by atoms with van der Waals surface area (Å²) < 4.78 is 2.20. The quantitative estimate of drug-likeness (QED) is 0.390. The summed E-state index contributed by atoms with van der Waals surface area (Å²) >= 11 is 6.02. The third-order valence-electron chi connectivity index (χ3n) is 4.65. The molecule has 5 aromatic rings. The highest BCUT2D eigenvalue weighted by Crippen LogP contribution is 2.30. The Labute approximate surface area is 161 Å². The summed E-state index contributed by atoms with van der Waals surface area (Å²) in [5.74, 6) is 0.815. The zero-order chi connectivity index (χ0) is 18.2. The van der Waals surface area contributed by atoms with Crippen LogP contribution in [0.3, 0.4) is 0 Å². The lowest BCUT2D eigenvalue weighted by atomic mass is 10.1. The van der Waals surface area contributed by atoms with Crippen LogP contribution in [0, 0.1) is 0 Å². The molecule has 0 atom stereocenters. The van der Waals surface area contributed by atoms with Crippen molar-refractivity contribution in [2.75, 3.05) is 5.32 Å². The molecule has 2 aromatic heterocycles. The van der Waals surface area contributed by atoms with Gasteiger partial charge in [-0.25, -0.2) is 4.98 Å². The minimum atomic E-state index is 0.713. The fourth-order valence-corrected chi connectivity index (χ4v) is 3.46. The summed E-state index contributed by atoms with van der Waals surface area (Å²) in [4.78, 5) is 4.92. The Morgan fingerprint density at radius 2 is 1.52 bits per heavy atom. The van der Waals surface area contributed by atoms with Crippen LogP contribution in [0.2, 0.25) is 5.02 Å². The molecule has 27 heavy (non-hydrogen) atoms. The van der Waals surface area contributed by atoms with Crippen LogP contribution < -0.4 is 5.32 Å². The van der Waals surface area contributed by atoms with Gasteiger partial charge in [0.15, 0.2) is 5.82 Å². The highest BCUT2D eigenvalue weighted by Gasteiger charge is 2.12. The molecule has 0 aliphatic carbocycles. The van der Waals surface area contributed by atoms with Gasteiger partial charge in [-0.05, 0) is 36.4 Å². The van der Waals surface area contributed by atoms with Crippen LogP contribution in [0.15, 0.2) is 91.1 Å². The van der Waals surface area contributed by atoms with Crippen molar-refractivity contribution in [2.45, 2.75) is 0 Å². The number of aromatic nitrogens is 2. The molecule has 3 aromatic carbocycles. The van der Waals surface area contributed by atoms with Gasteiger partial charge in [0, 0.05) is 27.9 Å². The number of para-hydroxylation sites is 1. The van der Waals surface area contributed by atoms with E-state index in [-0.39, 0.29) is 0 Å². The first-order valence-corrected chi connectivity index (χ1v) is 9.14. The Bertz CT molecular complexity index is 1240. The number of benzene rings is 3. The maximum Gasteiger partial charge on any atom is 0.155 e. The number of hydrogen-bond donors (Lipinski definition) is 1. The van der Waals surface area contributed by atoms with Gasteiger partial charge in [0.25, 0.3) is 0 Å².